The van der Waals surface area contributed by atoms with Gasteiger partial charge in [-0.3, -0.25) is 4.90 Å². The van der Waals surface area contributed by atoms with E-state index in [0.29, 0.717) is 21.8 Å². The molecule has 1 saturated heterocycles. The normalized spacial score (nSPS) is 15.1. The van der Waals surface area contributed by atoms with E-state index in [-0.39, 0.29) is 24.4 Å². The number of likely N-dealkylation sites (tertiary alicyclic amines) is 1. The quantitative estimate of drug-likeness (QED) is 0.748. The summed E-state index contributed by atoms with van der Waals surface area (Å²) in [5, 5.41) is 5.95. The number of nitrogens with one attached hydrogen (secondary N) is 2. The Balaban J connectivity index is 1.71. The van der Waals surface area contributed by atoms with Crippen molar-refractivity contribution in [3.8, 4) is 12.3 Å². The van der Waals surface area contributed by atoms with Crippen LogP contribution in [0.1, 0.15) is 30.0 Å². The van der Waals surface area contributed by atoms with Gasteiger partial charge in [0.25, 0.3) is 0 Å². The van der Waals surface area contributed by atoms with Crippen LogP contribution in [-0.2, 0) is 0 Å². The Morgan fingerprint density at radius 2 is 2.00 bits per heavy atom. The molecular formula is C21H21ClFN3O. The lowest BCUT2D eigenvalue weighted by Gasteiger charge is -2.29. The summed E-state index contributed by atoms with van der Waals surface area (Å²) in [5.41, 5.74) is 1.71. The Hall–Kier alpha value is -2.55. The highest BCUT2D eigenvalue weighted by Crippen LogP contribution is 2.31. The number of carbonyl (C=O) groups is 1. The van der Waals surface area contributed by atoms with E-state index < -0.39 is 0 Å². The van der Waals surface area contributed by atoms with Gasteiger partial charge in [0, 0.05) is 28.4 Å². The van der Waals surface area contributed by atoms with Crippen molar-refractivity contribution in [1.82, 2.24) is 10.2 Å². The lowest BCUT2D eigenvalue weighted by atomic mass is 10.0. The molecule has 140 valence electrons. The molecule has 1 heterocycles. The van der Waals surface area contributed by atoms with Gasteiger partial charge in [0.2, 0.25) is 0 Å². The standard InChI is InChI=1S/C21H21ClFN3O/c1-2-15-7-5-8-16(13-15)25-21(27)24-14-19(26-11-3-4-12-26)20-17(22)9-6-10-18(20)23/h1,5-10,13,19H,3-4,11-12,14H2,(H2,24,25,27)/t19-/m1/s1. The van der Waals surface area contributed by atoms with Gasteiger partial charge in [0.1, 0.15) is 5.82 Å². The average Bonchev–Trinajstić information content (AvgIpc) is 3.18. The third-order valence-electron chi connectivity index (χ3n) is 4.66. The van der Waals surface area contributed by atoms with Gasteiger partial charge in [0.15, 0.2) is 0 Å². The third-order valence-corrected chi connectivity index (χ3v) is 4.99. The number of halogens is 2. The van der Waals surface area contributed by atoms with Crippen molar-refractivity contribution in [1.29, 1.82) is 0 Å². The molecule has 0 aliphatic carbocycles. The minimum atomic E-state index is -0.374. The van der Waals surface area contributed by atoms with Gasteiger partial charge < -0.3 is 10.6 Å². The second-order valence-corrected chi connectivity index (χ2v) is 6.86. The topological polar surface area (TPSA) is 44.4 Å². The zero-order valence-corrected chi connectivity index (χ0v) is 15.6. The number of carbonyl (C=O) groups excluding carboxylic acids is 1. The van der Waals surface area contributed by atoms with Crippen molar-refractivity contribution in [3.63, 3.8) is 0 Å². The van der Waals surface area contributed by atoms with Gasteiger partial charge in [-0.2, -0.15) is 0 Å². The number of hydrogen-bond donors (Lipinski definition) is 2. The predicted octanol–water partition coefficient (Wildman–Crippen LogP) is 4.42. The highest BCUT2D eigenvalue weighted by atomic mass is 35.5. The predicted molar refractivity (Wildman–Crippen MR) is 106 cm³/mol. The Morgan fingerprint density at radius 3 is 2.70 bits per heavy atom. The van der Waals surface area contributed by atoms with Crippen LogP contribution >= 0.6 is 11.6 Å². The minimum Gasteiger partial charge on any atom is -0.336 e. The molecule has 6 heteroatoms. The summed E-state index contributed by atoms with van der Waals surface area (Å²) in [6, 6.07) is 11.0. The van der Waals surface area contributed by atoms with E-state index in [0.717, 1.165) is 25.9 Å². The molecule has 1 aliphatic heterocycles. The van der Waals surface area contributed by atoms with Gasteiger partial charge in [-0.25, -0.2) is 9.18 Å². The van der Waals surface area contributed by atoms with Crippen LogP contribution in [0.3, 0.4) is 0 Å². The van der Waals surface area contributed by atoms with Crippen LogP contribution in [0.4, 0.5) is 14.9 Å². The lowest BCUT2D eigenvalue weighted by Crippen LogP contribution is -2.39. The van der Waals surface area contributed by atoms with Crippen LogP contribution in [0.5, 0.6) is 0 Å². The molecule has 4 nitrogen and oxygen atoms in total. The maximum Gasteiger partial charge on any atom is 0.319 e. The highest BCUT2D eigenvalue weighted by Gasteiger charge is 2.28. The molecule has 2 N–H and O–H groups in total. The van der Waals surface area contributed by atoms with Crippen LogP contribution in [-0.4, -0.2) is 30.6 Å². The first-order valence-corrected chi connectivity index (χ1v) is 9.26. The molecule has 2 aromatic rings. The molecule has 0 aromatic heterocycles. The maximum absolute atomic E-state index is 14.5. The SMILES string of the molecule is C#Cc1cccc(NC(=O)NC[C@H](c2c(F)cccc2Cl)N2CCCC2)c1. The van der Waals surface area contributed by atoms with Crippen LogP contribution in [0.15, 0.2) is 42.5 Å². The molecule has 2 amide bonds. The number of amides is 2. The first kappa shape index (κ1) is 19.2. The molecule has 0 saturated carbocycles. The van der Waals surface area contributed by atoms with Gasteiger partial charge >= 0.3 is 6.03 Å². The van der Waals surface area contributed by atoms with E-state index in [1.54, 1.807) is 36.4 Å². The molecule has 0 spiro atoms. The molecule has 1 atom stereocenters. The van der Waals surface area contributed by atoms with Crippen molar-refractivity contribution >= 4 is 23.3 Å². The summed E-state index contributed by atoms with van der Waals surface area (Å²) in [6.45, 7) is 1.95. The fourth-order valence-electron chi connectivity index (χ4n) is 3.35. The zero-order chi connectivity index (χ0) is 19.2. The monoisotopic (exact) mass is 385 g/mol. The summed E-state index contributed by atoms with van der Waals surface area (Å²) < 4.78 is 14.5. The van der Waals surface area contributed by atoms with E-state index in [1.807, 2.05) is 0 Å². The number of rotatable bonds is 5. The molecule has 1 fully saturated rings. The number of urea groups is 1. The van der Waals surface area contributed by atoms with Crippen molar-refractivity contribution < 1.29 is 9.18 Å². The van der Waals surface area contributed by atoms with Gasteiger partial charge in [-0.1, -0.05) is 29.7 Å². The van der Waals surface area contributed by atoms with Crippen LogP contribution in [0.25, 0.3) is 0 Å². The molecule has 27 heavy (non-hydrogen) atoms. The van der Waals surface area contributed by atoms with Crippen LogP contribution in [0, 0.1) is 18.2 Å². The van der Waals surface area contributed by atoms with E-state index in [1.165, 1.54) is 6.07 Å². The number of nitrogens with zero attached hydrogens (tertiary/aromatic N) is 1. The Bertz CT molecular complexity index is 838. The van der Waals surface area contributed by atoms with E-state index >= 15 is 0 Å². The van der Waals surface area contributed by atoms with Crippen molar-refractivity contribution in [3.05, 3.63) is 64.4 Å². The second kappa shape index (κ2) is 8.90. The minimum absolute atomic E-state index is 0.251. The molecular weight excluding hydrogens is 365 g/mol. The maximum atomic E-state index is 14.5. The lowest BCUT2D eigenvalue weighted by molar-refractivity contribution is 0.224. The Labute approximate surface area is 163 Å². The van der Waals surface area contributed by atoms with E-state index in [2.05, 4.69) is 21.5 Å². The summed E-state index contributed by atoms with van der Waals surface area (Å²) in [5.74, 6) is 2.17. The van der Waals surface area contributed by atoms with Crippen LogP contribution in [0.2, 0.25) is 5.02 Å². The fourth-order valence-corrected chi connectivity index (χ4v) is 3.64. The number of anilines is 1. The smallest absolute Gasteiger partial charge is 0.319 e. The van der Waals surface area contributed by atoms with Crippen molar-refractivity contribution in [2.75, 3.05) is 25.0 Å². The van der Waals surface area contributed by atoms with Gasteiger partial charge in [-0.05, 0) is 56.3 Å². The van der Waals surface area contributed by atoms with E-state index in [4.69, 9.17) is 18.0 Å². The number of benzene rings is 2. The highest BCUT2D eigenvalue weighted by molar-refractivity contribution is 6.31. The molecule has 1 aliphatic rings. The molecule has 3 rings (SSSR count). The molecule has 0 radical (unpaired) electrons. The number of hydrogen-bond acceptors (Lipinski definition) is 2. The van der Waals surface area contributed by atoms with Crippen molar-refractivity contribution in [2.45, 2.75) is 18.9 Å². The average molecular weight is 386 g/mol. The third kappa shape index (κ3) is 4.79. The van der Waals surface area contributed by atoms with Gasteiger partial charge in [0.05, 0.1) is 6.04 Å². The Morgan fingerprint density at radius 1 is 1.26 bits per heavy atom. The summed E-state index contributed by atoms with van der Waals surface area (Å²) in [7, 11) is 0. The largest absolute Gasteiger partial charge is 0.336 e. The Kier molecular flexibility index (Phi) is 6.33. The fraction of sp³-hybridized carbons (Fsp3) is 0.286. The van der Waals surface area contributed by atoms with Gasteiger partial charge in [-0.15, -0.1) is 6.42 Å². The summed E-state index contributed by atoms with van der Waals surface area (Å²) in [4.78, 5) is 14.5. The number of terminal acetylenes is 1. The second-order valence-electron chi connectivity index (χ2n) is 6.45. The molecule has 2 aromatic carbocycles. The van der Waals surface area contributed by atoms with Crippen molar-refractivity contribution in [2.24, 2.45) is 0 Å². The molecule has 0 unspecified atom stereocenters. The summed E-state index contributed by atoms with van der Waals surface area (Å²) in [6.07, 6.45) is 7.48. The first-order chi connectivity index (χ1) is 13.1. The summed E-state index contributed by atoms with van der Waals surface area (Å²) >= 11 is 6.27. The zero-order valence-electron chi connectivity index (χ0n) is 14.8. The first-order valence-electron chi connectivity index (χ1n) is 8.88. The molecule has 0 bridgehead atoms. The van der Waals surface area contributed by atoms with Crippen LogP contribution < -0.4 is 10.6 Å². The van der Waals surface area contributed by atoms with E-state index in [9.17, 15) is 9.18 Å².